The van der Waals surface area contributed by atoms with Gasteiger partial charge in [0.2, 0.25) is 10.0 Å². The highest BCUT2D eigenvalue weighted by Crippen LogP contribution is 2.22. The molecule has 0 spiro atoms. The summed E-state index contributed by atoms with van der Waals surface area (Å²) in [4.78, 5) is 0.138. The molecule has 1 aromatic rings. The molecule has 1 aliphatic rings. The third-order valence-corrected chi connectivity index (χ3v) is 4.93. The number of hydrogen-bond donors (Lipinski definition) is 2. The van der Waals surface area contributed by atoms with Gasteiger partial charge in [-0.2, -0.15) is 0 Å². The Labute approximate surface area is 118 Å². The largest absolute Gasteiger partial charge is 0.398 e. The summed E-state index contributed by atoms with van der Waals surface area (Å²) in [5.74, 6) is 0.327. The molecule has 7 heteroatoms. The topological polar surface area (TPSA) is 81.4 Å². The molecule has 0 aromatic heterocycles. The van der Waals surface area contributed by atoms with Crippen molar-refractivity contribution in [2.75, 3.05) is 25.5 Å². The van der Waals surface area contributed by atoms with Crippen LogP contribution in [0.4, 0.5) is 5.69 Å². The van der Waals surface area contributed by atoms with E-state index in [1.807, 2.05) is 0 Å². The van der Waals surface area contributed by atoms with Gasteiger partial charge in [0.15, 0.2) is 0 Å². The van der Waals surface area contributed by atoms with Gasteiger partial charge in [-0.3, -0.25) is 0 Å². The third kappa shape index (κ3) is 3.82. The molecule has 0 saturated carbocycles. The average Bonchev–Trinajstić information content (AvgIpc) is 2.41. The van der Waals surface area contributed by atoms with Crippen LogP contribution in [0.2, 0.25) is 5.02 Å². The normalized spacial score (nSPS) is 17.5. The summed E-state index contributed by atoms with van der Waals surface area (Å²) in [6.07, 6.45) is 1.76. The van der Waals surface area contributed by atoms with Gasteiger partial charge in [0.05, 0.1) is 15.6 Å². The van der Waals surface area contributed by atoms with Crippen molar-refractivity contribution in [3.8, 4) is 0 Å². The molecule has 1 fully saturated rings. The molecule has 19 heavy (non-hydrogen) atoms. The fourth-order valence-electron chi connectivity index (χ4n) is 1.94. The van der Waals surface area contributed by atoms with Crippen LogP contribution in [0.15, 0.2) is 23.1 Å². The van der Waals surface area contributed by atoms with Gasteiger partial charge in [0.25, 0.3) is 0 Å². The summed E-state index contributed by atoms with van der Waals surface area (Å²) in [7, 11) is -3.53. The van der Waals surface area contributed by atoms with Crippen molar-refractivity contribution in [3.63, 3.8) is 0 Å². The van der Waals surface area contributed by atoms with Crippen LogP contribution in [-0.2, 0) is 14.8 Å². The van der Waals surface area contributed by atoms with E-state index in [9.17, 15) is 8.42 Å². The number of sulfonamides is 1. The van der Waals surface area contributed by atoms with E-state index in [4.69, 9.17) is 22.1 Å². The fourth-order valence-corrected chi connectivity index (χ4v) is 3.32. The van der Waals surface area contributed by atoms with E-state index < -0.39 is 10.0 Å². The lowest BCUT2D eigenvalue weighted by molar-refractivity contribution is 0.0678. The van der Waals surface area contributed by atoms with E-state index in [0.717, 1.165) is 12.8 Å². The molecule has 1 heterocycles. The van der Waals surface area contributed by atoms with Crippen molar-refractivity contribution in [2.45, 2.75) is 17.7 Å². The lowest BCUT2D eigenvalue weighted by Crippen LogP contribution is -2.32. The second kappa shape index (κ2) is 6.09. The zero-order valence-electron chi connectivity index (χ0n) is 10.4. The van der Waals surface area contributed by atoms with Gasteiger partial charge >= 0.3 is 0 Å². The number of nitrogens with one attached hydrogen (secondary N) is 1. The Kier molecular flexibility index (Phi) is 4.67. The lowest BCUT2D eigenvalue weighted by atomic mass is 10.0. The Balaban J connectivity index is 2.02. The van der Waals surface area contributed by atoms with Crippen LogP contribution in [0.1, 0.15) is 12.8 Å². The number of ether oxygens (including phenoxy) is 1. The number of nitrogens with two attached hydrogens (primary N) is 1. The maximum atomic E-state index is 12.1. The number of halogens is 1. The van der Waals surface area contributed by atoms with E-state index in [-0.39, 0.29) is 9.92 Å². The molecule has 5 nitrogen and oxygen atoms in total. The summed E-state index contributed by atoms with van der Waals surface area (Å²) >= 11 is 5.83. The third-order valence-electron chi connectivity index (χ3n) is 3.19. The Bertz CT molecular complexity index is 542. The van der Waals surface area contributed by atoms with Crippen LogP contribution in [-0.4, -0.2) is 28.2 Å². The second-order valence-corrected chi connectivity index (χ2v) is 6.77. The van der Waals surface area contributed by atoms with Crippen LogP contribution in [0, 0.1) is 5.92 Å². The van der Waals surface area contributed by atoms with Gasteiger partial charge in [-0.15, -0.1) is 0 Å². The van der Waals surface area contributed by atoms with Crippen LogP contribution < -0.4 is 10.5 Å². The monoisotopic (exact) mass is 304 g/mol. The molecule has 106 valence electrons. The molecule has 0 unspecified atom stereocenters. The Hall–Kier alpha value is -0.820. The van der Waals surface area contributed by atoms with Crippen molar-refractivity contribution >= 4 is 27.3 Å². The van der Waals surface area contributed by atoms with Gasteiger partial charge in [-0.05, 0) is 37.0 Å². The molecular weight excluding hydrogens is 288 g/mol. The molecule has 1 aliphatic heterocycles. The van der Waals surface area contributed by atoms with Crippen molar-refractivity contribution in [2.24, 2.45) is 5.92 Å². The van der Waals surface area contributed by atoms with E-state index in [0.29, 0.717) is 31.4 Å². The number of hydrogen-bond acceptors (Lipinski definition) is 4. The maximum Gasteiger partial charge on any atom is 0.240 e. The predicted molar refractivity (Wildman–Crippen MR) is 74.6 cm³/mol. The van der Waals surface area contributed by atoms with E-state index in [1.54, 1.807) is 0 Å². The van der Waals surface area contributed by atoms with Crippen molar-refractivity contribution in [3.05, 3.63) is 23.2 Å². The lowest BCUT2D eigenvalue weighted by Gasteiger charge is -2.22. The summed E-state index contributed by atoms with van der Waals surface area (Å²) in [6, 6.07) is 4.31. The smallest absolute Gasteiger partial charge is 0.240 e. The SMILES string of the molecule is Nc1ccc(S(=O)(=O)NCC2CCOCC2)cc1Cl. The Morgan fingerprint density at radius 2 is 2.05 bits per heavy atom. The minimum atomic E-state index is -3.53. The minimum Gasteiger partial charge on any atom is -0.398 e. The Morgan fingerprint density at radius 3 is 2.68 bits per heavy atom. The second-order valence-electron chi connectivity index (χ2n) is 4.59. The summed E-state index contributed by atoms with van der Waals surface area (Å²) in [5, 5.41) is 0.244. The van der Waals surface area contributed by atoms with E-state index in [2.05, 4.69) is 4.72 Å². The van der Waals surface area contributed by atoms with E-state index >= 15 is 0 Å². The zero-order valence-corrected chi connectivity index (χ0v) is 12.0. The standard InChI is InChI=1S/C12H17ClN2O3S/c13-11-7-10(1-2-12(11)14)19(16,17)15-8-9-3-5-18-6-4-9/h1-2,7,9,15H,3-6,8,14H2. The van der Waals surface area contributed by atoms with Crippen molar-refractivity contribution in [1.29, 1.82) is 0 Å². The number of anilines is 1. The van der Waals surface area contributed by atoms with Gasteiger partial charge in [0.1, 0.15) is 0 Å². The first-order valence-electron chi connectivity index (χ1n) is 6.11. The molecule has 2 rings (SSSR count). The van der Waals surface area contributed by atoms with Gasteiger partial charge in [-0.25, -0.2) is 13.1 Å². The first-order valence-corrected chi connectivity index (χ1v) is 7.97. The van der Waals surface area contributed by atoms with Crippen molar-refractivity contribution < 1.29 is 13.2 Å². The number of rotatable bonds is 4. The van der Waals surface area contributed by atoms with E-state index in [1.165, 1.54) is 18.2 Å². The molecule has 0 atom stereocenters. The molecule has 0 radical (unpaired) electrons. The summed E-state index contributed by atoms with van der Waals surface area (Å²) < 4.78 is 32.0. The highest BCUT2D eigenvalue weighted by molar-refractivity contribution is 7.89. The van der Waals surface area contributed by atoms with Gasteiger partial charge in [0, 0.05) is 19.8 Å². The minimum absolute atomic E-state index is 0.138. The molecular formula is C12H17ClN2O3S. The van der Waals surface area contributed by atoms with Crippen molar-refractivity contribution in [1.82, 2.24) is 4.72 Å². The van der Waals surface area contributed by atoms with Crippen LogP contribution in [0.5, 0.6) is 0 Å². The average molecular weight is 305 g/mol. The predicted octanol–water partition coefficient (Wildman–Crippen LogP) is 1.63. The molecule has 1 saturated heterocycles. The highest BCUT2D eigenvalue weighted by atomic mass is 35.5. The molecule has 3 N–H and O–H groups in total. The maximum absolute atomic E-state index is 12.1. The highest BCUT2D eigenvalue weighted by Gasteiger charge is 2.19. The first kappa shape index (κ1) is 14.6. The van der Waals surface area contributed by atoms with Gasteiger partial charge in [-0.1, -0.05) is 11.6 Å². The van der Waals surface area contributed by atoms with Crippen LogP contribution >= 0.6 is 11.6 Å². The van der Waals surface area contributed by atoms with Crippen LogP contribution in [0.3, 0.4) is 0 Å². The molecule has 0 aliphatic carbocycles. The summed E-state index contributed by atoms with van der Waals surface area (Å²) in [6.45, 7) is 1.81. The number of nitrogen functional groups attached to an aromatic ring is 1. The first-order chi connectivity index (χ1) is 8.99. The van der Waals surface area contributed by atoms with Gasteiger partial charge < -0.3 is 10.5 Å². The molecule has 1 aromatic carbocycles. The molecule has 0 amide bonds. The number of benzene rings is 1. The summed E-state index contributed by atoms with van der Waals surface area (Å²) in [5.41, 5.74) is 5.93. The molecule has 0 bridgehead atoms. The zero-order chi connectivity index (χ0) is 13.9. The fraction of sp³-hybridized carbons (Fsp3) is 0.500. The quantitative estimate of drug-likeness (QED) is 0.828. The Morgan fingerprint density at radius 1 is 1.37 bits per heavy atom. The van der Waals surface area contributed by atoms with Crippen LogP contribution in [0.25, 0.3) is 0 Å².